The zero-order chi connectivity index (χ0) is 14.9. The lowest BCUT2D eigenvalue weighted by atomic mass is 10.1. The summed E-state index contributed by atoms with van der Waals surface area (Å²) in [5, 5.41) is 12.5. The summed E-state index contributed by atoms with van der Waals surface area (Å²) in [6, 6.07) is 8.57. The molecule has 0 saturated carbocycles. The highest BCUT2D eigenvalue weighted by molar-refractivity contribution is 6.07. The Hall–Kier alpha value is -2.49. The van der Waals surface area contributed by atoms with Gasteiger partial charge in [-0.2, -0.15) is 0 Å². The van der Waals surface area contributed by atoms with Crippen LogP contribution in [-0.2, 0) is 0 Å². The summed E-state index contributed by atoms with van der Waals surface area (Å²) in [5.41, 5.74) is 10.2. The molecule has 0 aliphatic rings. The molecular weight excluding hydrogens is 252 g/mol. The van der Waals surface area contributed by atoms with E-state index in [1.165, 1.54) is 0 Å². The number of aryl methyl sites for hydroxylation is 3. The fraction of sp³-hybridized carbons (Fsp3) is 0.188. The van der Waals surface area contributed by atoms with Crippen molar-refractivity contribution in [3.63, 3.8) is 0 Å². The minimum atomic E-state index is -0.377. The lowest BCUT2D eigenvalue weighted by molar-refractivity contribution is 0.102. The van der Waals surface area contributed by atoms with Crippen LogP contribution in [0.4, 0.5) is 11.4 Å². The molecule has 0 atom stereocenters. The van der Waals surface area contributed by atoms with Gasteiger partial charge in [-0.05, 0) is 61.7 Å². The van der Waals surface area contributed by atoms with E-state index in [1.54, 1.807) is 18.2 Å². The smallest absolute Gasteiger partial charge is 0.259 e. The van der Waals surface area contributed by atoms with Crippen LogP contribution in [0.15, 0.2) is 30.3 Å². The molecule has 0 heterocycles. The number of nitrogen functional groups attached to an aromatic ring is 1. The molecule has 20 heavy (non-hydrogen) atoms. The molecule has 4 heteroatoms. The molecule has 104 valence electrons. The molecule has 0 spiro atoms. The zero-order valence-corrected chi connectivity index (χ0v) is 11.8. The second-order valence-corrected chi connectivity index (χ2v) is 5.00. The number of benzene rings is 2. The summed E-state index contributed by atoms with van der Waals surface area (Å²) in [4.78, 5) is 12.2. The van der Waals surface area contributed by atoms with E-state index in [-0.39, 0.29) is 17.2 Å². The number of rotatable bonds is 2. The number of carbonyl (C=O) groups excluding carboxylic acids is 1. The average molecular weight is 270 g/mol. The molecule has 0 unspecified atom stereocenters. The van der Waals surface area contributed by atoms with Crippen LogP contribution < -0.4 is 11.1 Å². The van der Waals surface area contributed by atoms with Gasteiger partial charge in [-0.3, -0.25) is 4.79 Å². The Labute approximate surface area is 118 Å². The van der Waals surface area contributed by atoms with E-state index in [4.69, 9.17) is 5.73 Å². The number of nitrogens with two attached hydrogens (primary N) is 1. The number of hydrogen-bond acceptors (Lipinski definition) is 3. The van der Waals surface area contributed by atoms with Crippen molar-refractivity contribution in [2.45, 2.75) is 20.8 Å². The standard InChI is InChI=1S/C16H18N2O2/c1-9-4-5-12(15(19)6-9)16(20)18-14-8-11(3)10(2)7-13(14)17/h4-8,19H,17H2,1-3H3,(H,18,20). The van der Waals surface area contributed by atoms with E-state index < -0.39 is 0 Å². The highest BCUT2D eigenvalue weighted by Gasteiger charge is 2.13. The molecule has 0 aliphatic carbocycles. The number of nitrogens with one attached hydrogen (secondary N) is 1. The van der Waals surface area contributed by atoms with Gasteiger partial charge < -0.3 is 16.2 Å². The van der Waals surface area contributed by atoms with Crippen LogP contribution in [-0.4, -0.2) is 11.0 Å². The largest absolute Gasteiger partial charge is 0.507 e. The summed E-state index contributed by atoms with van der Waals surface area (Å²) in [7, 11) is 0. The molecule has 2 rings (SSSR count). The first kappa shape index (κ1) is 13.9. The minimum absolute atomic E-state index is 0.0371. The van der Waals surface area contributed by atoms with Gasteiger partial charge in [0.05, 0.1) is 16.9 Å². The van der Waals surface area contributed by atoms with E-state index in [9.17, 15) is 9.90 Å². The molecule has 0 saturated heterocycles. The Morgan fingerprint density at radius 2 is 1.75 bits per heavy atom. The fourth-order valence-electron chi connectivity index (χ4n) is 1.97. The summed E-state index contributed by atoms with van der Waals surface area (Å²) < 4.78 is 0. The van der Waals surface area contributed by atoms with Crippen LogP contribution in [0.1, 0.15) is 27.0 Å². The van der Waals surface area contributed by atoms with Crippen molar-refractivity contribution in [2.75, 3.05) is 11.1 Å². The van der Waals surface area contributed by atoms with Gasteiger partial charge in [-0.1, -0.05) is 6.07 Å². The molecule has 4 nitrogen and oxygen atoms in total. The molecule has 4 N–H and O–H groups in total. The number of phenols is 1. The second-order valence-electron chi connectivity index (χ2n) is 5.00. The number of hydrogen-bond donors (Lipinski definition) is 3. The number of anilines is 2. The Morgan fingerprint density at radius 1 is 1.10 bits per heavy atom. The van der Waals surface area contributed by atoms with E-state index >= 15 is 0 Å². The summed E-state index contributed by atoms with van der Waals surface area (Å²) in [5.74, 6) is -0.414. The van der Waals surface area contributed by atoms with Gasteiger partial charge in [-0.25, -0.2) is 0 Å². The highest BCUT2D eigenvalue weighted by atomic mass is 16.3. The number of carbonyl (C=O) groups is 1. The van der Waals surface area contributed by atoms with Gasteiger partial charge in [0.1, 0.15) is 5.75 Å². The number of aromatic hydroxyl groups is 1. The van der Waals surface area contributed by atoms with Gasteiger partial charge in [0.15, 0.2) is 0 Å². The zero-order valence-electron chi connectivity index (χ0n) is 11.8. The third kappa shape index (κ3) is 2.74. The second kappa shape index (κ2) is 5.25. The van der Waals surface area contributed by atoms with Gasteiger partial charge in [-0.15, -0.1) is 0 Å². The van der Waals surface area contributed by atoms with Gasteiger partial charge in [0.25, 0.3) is 5.91 Å². The van der Waals surface area contributed by atoms with Crippen molar-refractivity contribution in [1.82, 2.24) is 0 Å². The van der Waals surface area contributed by atoms with E-state index in [0.717, 1.165) is 16.7 Å². The van der Waals surface area contributed by atoms with E-state index in [0.29, 0.717) is 11.4 Å². The van der Waals surface area contributed by atoms with E-state index in [1.807, 2.05) is 32.9 Å². The third-order valence-electron chi connectivity index (χ3n) is 3.31. The molecule has 0 radical (unpaired) electrons. The monoisotopic (exact) mass is 270 g/mol. The lowest BCUT2D eigenvalue weighted by Crippen LogP contribution is -2.13. The summed E-state index contributed by atoms with van der Waals surface area (Å²) in [6.07, 6.45) is 0. The first-order valence-electron chi connectivity index (χ1n) is 6.36. The van der Waals surface area contributed by atoms with Crippen molar-refractivity contribution >= 4 is 17.3 Å². The molecular formula is C16H18N2O2. The van der Waals surface area contributed by atoms with Crippen LogP contribution in [0.3, 0.4) is 0 Å². The van der Waals surface area contributed by atoms with Crippen LogP contribution in [0.25, 0.3) is 0 Å². The lowest BCUT2D eigenvalue weighted by Gasteiger charge is -2.12. The number of phenolic OH excluding ortho intramolecular Hbond substituents is 1. The van der Waals surface area contributed by atoms with Gasteiger partial charge in [0.2, 0.25) is 0 Å². The fourth-order valence-corrected chi connectivity index (χ4v) is 1.97. The summed E-state index contributed by atoms with van der Waals surface area (Å²) in [6.45, 7) is 5.76. The average Bonchev–Trinajstić information content (AvgIpc) is 2.35. The number of amides is 1. The predicted octanol–water partition coefficient (Wildman–Crippen LogP) is 3.15. The van der Waals surface area contributed by atoms with E-state index in [2.05, 4.69) is 5.32 Å². The normalized spacial score (nSPS) is 10.3. The first-order chi connectivity index (χ1) is 9.38. The highest BCUT2D eigenvalue weighted by Crippen LogP contribution is 2.25. The molecule has 1 amide bonds. The van der Waals surface area contributed by atoms with Crippen LogP contribution in [0, 0.1) is 20.8 Å². The topological polar surface area (TPSA) is 75.4 Å². The molecule has 0 aromatic heterocycles. The van der Waals surface area contributed by atoms with Crippen LogP contribution >= 0.6 is 0 Å². The summed E-state index contributed by atoms with van der Waals surface area (Å²) >= 11 is 0. The Bertz CT molecular complexity index is 678. The molecule has 0 fully saturated rings. The van der Waals surface area contributed by atoms with Crippen LogP contribution in [0.5, 0.6) is 5.75 Å². The predicted molar refractivity (Wildman–Crippen MR) is 81.1 cm³/mol. The van der Waals surface area contributed by atoms with Gasteiger partial charge >= 0.3 is 0 Å². The van der Waals surface area contributed by atoms with Crippen LogP contribution in [0.2, 0.25) is 0 Å². The maximum atomic E-state index is 12.2. The maximum Gasteiger partial charge on any atom is 0.259 e. The Kier molecular flexibility index (Phi) is 3.66. The maximum absolute atomic E-state index is 12.2. The minimum Gasteiger partial charge on any atom is -0.507 e. The van der Waals surface area contributed by atoms with Crippen molar-refractivity contribution in [2.24, 2.45) is 0 Å². The molecule has 0 aliphatic heterocycles. The molecule has 0 bridgehead atoms. The third-order valence-corrected chi connectivity index (χ3v) is 3.31. The quantitative estimate of drug-likeness (QED) is 0.734. The Balaban J connectivity index is 2.30. The van der Waals surface area contributed by atoms with Crippen molar-refractivity contribution < 1.29 is 9.90 Å². The Morgan fingerprint density at radius 3 is 2.40 bits per heavy atom. The molecule has 2 aromatic rings. The SMILES string of the molecule is Cc1ccc(C(=O)Nc2cc(C)c(C)cc2N)c(O)c1. The molecule has 2 aromatic carbocycles. The van der Waals surface area contributed by atoms with Gasteiger partial charge in [0, 0.05) is 0 Å². The first-order valence-corrected chi connectivity index (χ1v) is 6.36. The van der Waals surface area contributed by atoms with Crippen molar-refractivity contribution in [3.05, 3.63) is 52.6 Å². The van der Waals surface area contributed by atoms with Crippen molar-refractivity contribution in [3.8, 4) is 5.75 Å². The van der Waals surface area contributed by atoms with Crippen molar-refractivity contribution in [1.29, 1.82) is 0 Å².